The molecule has 2 rings (SSSR count). The van der Waals surface area contributed by atoms with Gasteiger partial charge in [0.2, 0.25) is 5.91 Å². The Bertz CT molecular complexity index is 760. The van der Waals surface area contributed by atoms with Crippen molar-refractivity contribution in [3.63, 3.8) is 0 Å². The molecular formula is C17H21NO3S2. The topological polar surface area (TPSA) is 63.2 Å². The summed E-state index contributed by atoms with van der Waals surface area (Å²) in [5.74, 6) is -0.578. The SMILES string of the molecule is Cc1cc(C)cc(CS(=O)(=O)C(C)C(=O)NCc2cccs2)c1. The van der Waals surface area contributed by atoms with E-state index in [1.165, 1.54) is 18.3 Å². The van der Waals surface area contributed by atoms with Gasteiger partial charge in [-0.05, 0) is 37.8 Å². The van der Waals surface area contributed by atoms with Crippen LogP contribution < -0.4 is 5.32 Å². The van der Waals surface area contributed by atoms with Crippen LogP contribution in [0.4, 0.5) is 0 Å². The minimum atomic E-state index is -3.55. The van der Waals surface area contributed by atoms with Gasteiger partial charge in [-0.1, -0.05) is 35.4 Å². The van der Waals surface area contributed by atoms with Crippen LogP contribution in [-0.2, 0) is 26.9 Å². The van der Waals surface area contributed by atoms with Crippen LogP contribution in [0.2, 0.25) is 0 Å². The predicted octanol–water partition coefficient (Wildman–Crippen LogP) is 2.98. The summed E-state index contributed by atoms with van der Waals surface area (Å²) in [6, 6.07) is 9.49. The van der Waals surface area contributed by atoms with Crippen molar-refractivity contribution >= 4 is 27.1 Å². The van der Waals surface area contributed by atoms with Gasteiger partial charge in [-0.3, -0.25) is 4.79 Å². The van der Waals surface area contributed by atoms with Crippen molar-refractivity contribution in [2.45, 2.75) is 38.3 Å². The number of hydrogen-bond acceptors (Lipinski definition) is 4. The molecule has 0 aliphatic carbocycles. The lowest BCUT2D eigenvalue weighted by Crippen LogP contribution is -2.38. The monoisotopic (exact) mass is 351 g/mol. The van der Waals surface area contributed by atoms with Crippen molar-refractivity contribution in [3.8, 4) is 0 Å². The Morgan fingerprint density at radius 1 is 1.22 bits per heavy atom. The molecule has 0 bridgehead atoms. The van der Waals surface area contributed by atoms with E-state index in [-0.39, 0.29) is 5.75 Å². The van der Waals surface area contributed by atoms with Gasteiger partial charge in [0.05, 0.1) is 12.3 Å². The molecule has 0 radical (unpaired) electrons. The van der Waals surface area contributed by atoms with Gasteiger partial charge < -0.3 is 5.32 Å². The smallest absolute Gasteiger partial charge is 0.238 e. The van der Waals surface area contributed by atoms with E-state index in [4.69, 9.17) is 0 Å². The number of sulfone groups is 1. The van der Waals surface area contributed by atoms with Crippen LogP contribution in [0.15, 0.2) is 35.7 Å². The van der Waals surface area contributed by atoms with Crippen LogP contribution in [0.3, 0.4) is 0 Å². The lowest BCUT2D eigenvalue weighted by Gasteiger charge is -2.14. The third kappa shape index (κ3) is 4.91. The summed E-state index contributed by atoms with van der Waals surface area (Å²) in [7, 11) is -3.55. The first-order valence-corrected chi connectivity index (χ1v) is 9.96. The maximum Gasteiger partial charge on any atom is 0.238 e. The zero-order valence-corrected chi connectivity index (χ0v) is 15.1. The second-order valence-electron chi connectivity index (χ2n) is 5.74. The fraction of sp³-hybridized carbons (Fsp3) is 0.353. The molecule has 6 heteroatoms. The molecule has 1 unspecified atom stereocenters. The van der Waals surface area contributed by atoms with Gasteiger partial charge >= 0.3 is 0 Å². The Hall–Kier alpha value is -1.66. The van der Waals surface area contributed by atoms with Crippen molar-refractivity contribution in [1.82, 2.24) is 5.32 Å². The van der Waals surface area contributed by atoms with E-state index < -0.39 is 21.0 Å². The molecule has 0 fully saturated rings. The number of rotatable bonds is 6. The van der Waals surface area contributed by atoms with Gasteiger partial charge in [0.15, 0.2) is 9.84 Å². The summed E-state index contributed by atoms with van der Waals surface area (Å²) < 4.78 is 24.9. The van der Waals surface area contributed by atoms with Gasteiger partial charge in [-0.25, -0.2) is 8.42 Å². The Morgan fingerprint density at radius 3 is 2.43 bits per heavy atom. The van der Waals surface area contributed by atoms with Crippen LogP contribution in [0.25, 0.3) is 0 Å². The van der Waals surface area contributed by atoms with Crippen LogP contribution in [-0.4, -0.2) is 19.6 Å². The van der Waals surface area contributed by atoms with Crippen molar-refractivity contribution in [1.29, 1.82) is 0 Å². The number of carbonyl (C=O) groups excluding carboxylic acids is 1. The molecule has 23 heavy (non-hydrogen) atoms. The highest BCUT2D eigenvalue weighted by Gasteiger charge is 2.28. The number of aryl methyl sites for hydroxylation is 2. The van der Waals surface area contributed by atoms with Gasteiger partial charge in [-0.15, -0.1) is 11.3 Å². The zero-order chi connectivity index (χ0) is 17.0. The summed E-state index contributed by atoms with van der Waals surface area (Å²) in [5.41, 5.74) is 2.76. The minimum Gasteiger partial charge on any atom is -0.350 e. The van der Waals surface area contributed by atoms with Gasteiger partial charge in [0.25, 0.3) is 0 Å². The van der Waals surface area contributed by atoms with Crippen LogP contribution in [0.1, 0.15) is 28.5 Å². The first-order chi connectivity index (χ1) is 10.8. The van der Waals surface area contributed by atoms with Gasteiger partial charge in [-0.2, -0.15) is 0 Å². The van der Waals surface area contributed by atoms with Crippen LogP contribution in [0, 0.1) is 13.8 Å². The standard InChI is InChI=1S/C17H21NO3S2/c1-12-7-13(2)9-15(8-12)11-23(20,21)14(3)17(19)18-10-16-5-4-6-22-16/h4-9,14H,10-11H2,1-3H3,(H,18,19). The molecule has 4 nitrogen and oxygen atoms in total. The number of nitrogens with one attached hydrogen (secondary N) is 1. The molecule has 0 saturated heterocycles. The number of thiophene rings is 1. The maximum absolute atomic E-state index is 12.5. The molecule has 1 atom stereocenters. The summed E-state index contributed by atoms with van der Waals surface area (Å²) in [6.45, 7) is 5.67. The molecule has 0 spiro atoms. The maximum atomic E-state index is 12.5. The van der Waals surface area contributed by atoms with E-state index in [0.717, 1.165) is 21.6 Å². The molecule has 0 aliphatic heterocycles. The number of benzene rings is 1. The molecule has 1 aromatic heterocycles. The summed E-state index contributed by atoms with van der Waals surface area (Å²) >= 11 is 1.53. The quantitative estimate of drug-likeness (QED) is 0.870. The van der Waals surface area contributed by atoms with E-state index in [0.29, 0.717) is 6.54 Å². The molecule has 2 aromatic rings. The van der Waals surface area contributed by atoms with Crippen molar-refractivity contribution in [2.24, 2.45) is 0 Å². The summed E-state index contributed by atoms with van der Waals surface area (Å²) in [4.78, 5) is 13.1. The largest absolute Gasteiger partial charge is 0.350 e. The average molecular weight is 351 g/mol. The highest BCUT2D eigenvalue weighted by Crippen LogP contribution is 2.16. The van der Waals surface area contributed by atoms with Crippen LogP contribution in [0.5, 0.6) is 0 Å². The zero-order valence-electron chi connectivity index (χ0n) is 13.5. The number of hydrogen-bond donors (Lipinski definition) is 1. The summed E-state index contributed by atoms with van der Waals surface area (Å²) in [5, 5.41) is 3.54. The molecule has 1 aromatic carbocycles. The average Bonchev–Trinajstić information content (AvgIpc) is 2.95. The second-order valence-corrected chi connectivity index (χ2v) is 9.10. The predicted molar refractivity (Wildman–Crippen MR) is 94.2 cm³/mol. The molecule has 1 N–H and O–H groups in total. The fourth-order valence-corrected chi connectivity index (χ4v) is 4.34. The first kappa shape index (κ1) is 17.7. The highest BCUT2D eigenvalue weighted by molar-refractivity contribution is 7.92. The minimum absolute atomic E-state index is 0.122. The number of amides is 1. The Labute approximate surface area is 141 Å². The molecule has 0 aliphatic rings. The van der Waals surface area contributed by atoms with E-state index in [1.54, 1.807) is 0 Å². The van der Waals surface area contributed by atoms with E-state index >= 15 is 0 Å². The van der Waals surface area contributed by atoms with Gasteiger partial charge in [0, 0.05) is 4.88 Å². The molecule has 0 saturated carbocycles. The molecular weight excluding hydrogens is 330 g/mol. The molecule has 1 amide bonds. The van der Waals surface area contributed by atoms with E-state index in [1.807, 2.05) is 49.6 Å². The van der Waals surface area contributed by atoms with E-state index in [2.05, 4.69) is 5.32 Å². The van der Waals surface area contributed by atoms with Crippen molar-refractivity contribution < 1.29 is 13.2 Å². The van der Waals surface area contributed by atoms with E-state index in [9.17, 15) is 13.2 Å². The lowest BCUT2D eigenvalue weighted by molar-refractivity contribution is -0.120. The fourth-order valence-electron chi connectivity index (χ4n) is 2.40. The first-order valence-electron chi connectivity index (χ1n) is 7.37. The third-order valence-electron chi connectivity index (χ3n) is 3.57. The second kappa shape index (κ2) is 7.27. The van der Waals surface area contributed by atoms with Crippen LogP contribution >= 0.6 is 11.3 Å². The lowest BCUT2D eigenvalue weighted by atomic mass is 10.1. The normalized spacial score (nSPS) is 12.8. The van der Waals surface area contributed by atoms with Crippen molar-refractivity contribution in [3.05, 3.63) is 57.3 Å². The molecule has 124 valence electrons. The Balaban J connectivity index is 2.03. The number of carbonyl (C=O) groups is 1. The summed E-state index contributed by atoms with van der Waals surface area (Å²) in [6.07, 6.45) is 0. The Morgan fingerprint density at radius 2 is 1.87 bits per heavy atom. The molecule has 1 heterocycles. The Kier molecular flexibility index (Phi) is 5.59. The highest BCUT2D eigenvalue weighted by atomic mass is 32.2. The van der Waals surface area contributed by atoms with Crippen molar-refractivity contribution in [2.75, 3.05) is 0 Å². The van der Waals surface area contributed by atoms with Gasteiger partial charge in [0.1, 0.15) is 5.25 Å². The third-order valence-corrected chi connectivity index (χ3v) is 6.48.